The Labute approximate surface area is 224 Å². The van der Waals surface area contributed by atoms with Crippen LogP contribution in [0.2, 0.25) is 0 Å². The van der Waals surface area contributed by atoms with Crippen molar-refractivity contribution in [3.63, 3.8) is 0 Å². The standard InChI is InChI=1S/C33H33N3O2/c1-2-3-17-36-30(20-34-33(36)29-15-14-27-11-7-8-12-28(27)19-29)23-35(21-25-9-5-4-6-10-25)22-26-13-16-31-32(18-26)38-24-37-31/h4-16,18-20H,2-3,17,21-24H2,1H3. The third kappa shape index (κ3) is 5.29. The molecule has 0 amide bonds. The third-order valence-electron chi connectivity index (χ3n) is 7.16. The summed E-state index contributed by atoms with van der Waals surface area (Å²) >= 11 is 0. The van der Waals surface area contributed by atoms with Crippen LogP contribution in [-0.4, -0.2) is 21.2 Å². The van der Waals surface area contributed by atoms with Gasteiger partial charge in [-0.25, -0.2) is 4.98 Å². The van der Waals surface area contributed by atoms with Crippen molar-refractivity contribution >= 4 is 10.8 Å². The van der Waals surface area contributed by atoms with Gasteiger partial charge in [-0.2, -0.15) is 0 Å². The van der Waals surface area contributed by atoms with Crippen LogP contribution < -0.4 is 9.47 Å². The molecule has 0 saturated carbocycles. The summed E-state index contributed by atoms with van der Waals surface area (Å²) in [4.78, 5) is 7.44. The summed E-state index contributed by atoms with van der Waals surface area (Å²) in [5, 5.41) is 2.49. The number of imidazole rings is 1. The Morgan fingerprint density at radius 3 is 2.42 bits per heavy atom. The van der Waals surface area contributed by atoms with Gasteiger partial charge in [0.25, 0.3) is 0 Å². The Morgan fingerprint density at radius 1 is 0.763 bits per heavy atom. The predicted molar refractivity (Wildman–Crippen MR) is 152 cm³/mol. The second-order valence-electron chi connectivity index (χ2n) is 9.96. The van der Waals surface area contributed by atoms with E-state index in [1.807, 2.05) is 6.07 Å². The van der Waals surface area contributed by atoms with Gasteiger partial charge in [0, 0.05) is 31.7 Å². The molecule has 1 aromatic heterocycles. The highest BCUT2D eigenvalue weighted by atomic mass is 16.7. The first-order valence-corrected chi connectivity index (χ1v) is 13.5. The van der Waals surface area contributed by atoms with Gasteiger partial charge in [0.1, 0.15) is 5.82 Å². The lowest BCUT2D eigenvalue weighted by Gasteiger charge is -2.24. The summed E-state index contributed by atoms with van der Waals surface area (Å²) in [7, 11) is 0. The number of nitrogens with zero attached hydrogens (tertiary/aromatic N) is 3. The topological polar surface area (TPSA) is 39.5 Å². The first-order valence-electron chi connectivity index (χ1n) is 13.5. The van der Waals surface area contributed by atoms with Crippen LogP contribution in [0, 0.1) is 0 Å². The molecule has 1 aliphatic heterocycles. The van der Waals surface area contributed by atoms with Crippen molar-refractivity contribution in [1.29, 1.82) is 0 Å². The molecule has 38 heavy (non-hydrogen) atoms. The minimum Gasteiger partial charge on any atom is -0.454 e. The molecule has 0 atom stereocenters. The first-order chi connectivity index (χ1) is 18.8. The Hall–Kier alpha value is -4.09. The Kier molecular flexibility index (Phi) is 7.10. The molecule has 2 heterocycles. The lowest BCUT2D eigenvalue weighted by atomic mass is 10.1. The molecule has 6 rings (SSSR count). The molecule has 5 nitrogen and oxygen atoms in total. The smallest absolute Gasteiger partial charge is 0.231 e. The zero-order chi connectivity index (χ0) is 25.7. The fraction of sp³-hybridized carbons (Fsp3) is 0.242. The van der Waals surface area contributed by atoms with E-state index < -0.39 is 0 Å². The summed E-state index contributed by atoms with van der Waals surface area (Å²) in [6.07, 6.45) is 4.32. The van der Waals surface area contributed by atoms with Gasteiger partial charge in [0.05, 0.1) is 11.9 Å². The summed E-state index contributed by atoms with van der Waals surface area (Å²) < 4.78 is 13.6. The molecular weight excluding hydrogens is 470 g/mol. The van der Waals surface area contributed by atoms with Crippen LogP contribution in [0.15, 0.2) is 97.2 Å². The minimum atomic E-state index is 0.292. The lowest BCUT2D eigenvalue weighted by Crippen LogP contribution is -2.24. The van der Waals surface area contributed by atoms with Crippen LogP contribution in [0.25, 0.3) is 22.2 Å². The van der Waals surface area contributed by atoms with Gasteiger partial charge >= 0.3 is 0 Å². The molecular formula is C33H33N3O2. The number of aromatic nitrogens is 2. The normalized spacial score (nSPS) is 12.5. The molecule has 0 N–H and O–H groups in total. The second kappa shape index (κ2) is 11.1. The van der Waals surface area contributed by atoms with Crippen LogP contribution in [0.3, 0.4) is 0 Å². The van der Waals surface area contributed by atoms with Crippen LogP contribution in [0.1, 0.15) is 36.6 Å². The van der Waals surface area contributed by atoms with E-state index in [1.54, 1.807) is 0 Å². The average molecular weight is 504 g/mol. The monoisotopic (exact) mass is 503 g/mol. The molecule has 0 saturated heterocycles. The third-order valence-corrected chi connectivity index (χ3v) is 7.16. The Bertz CT molecular complexity index is 1530. The number of fused-ring (bicyclic) bond motifs is 2. The SMILES string of the molecule is CCCCn1c(CN(Cc2ccccc2)Cc2ccc3c(c2)OCO3)cnc1-c1ccc2ccccc2c1. The Balaban J connectivity index is 1.32. The molecule has 0 spiro atoms. The molecule has 0 unspecified atom stereocenters. The summed E-state index contributed by atoms with van der Waals surface area (Å²) in [6, 6.07) is 32.1. The van der Waals surface area contributed by atoms with E-state index in [2.05, 4.69) is 108 Å². The summed E-state index contributed by atoms with van der Waals surface area (Å²) in [6.45, 7) is 5.94. The van der Waals surface area contributed by atoms with Crippen LogP contribution >= 0.6 is 0 Å². The van der Waals surface area contributed by atoms with Crippen molar-refractivity contribution < 1.29 is 9.47 Å². The molecule has 5 aromatic rings. The highest BCUT2D eigenvalue weighted by molar-refractivity contribution is 5.86. The van der Waals surface area contributed by atoms with E-state index in [1.165, 1.54) is 27.6 Å². The van der Waals surface area contributed by atoms with Gasteiger partial charge in [-0.15, -0.1) is 0 Å². The summed E-state index contributed by atoms with van der Waals surface area (Å²) in [5.74, 6) is 2.69. The molecule has 0 bridgehead atoms. The zero-order valence-electron chi connectivity index (χ0n) is 21.8. The van der Waals surface area contributed by atoms with Crippen molar-refractivity contribution in [3.05, 3.63) is 114 Å². The number of hydrogen-bond donors (Lipinski definition) is 0. The maximum Gasteiger partial charge on any atom is 0.231 e. The molecule has 5 heteroatoms. The molecule has 0 radical (unpaired) electrons. The quantitative estimate of drug-likeness (QED) is 0.199. The van der Waals surface area contributed by atoms with Gasteiger partial charge in [0.2, 0.25) is 6.79 Å². The molecule has 1 aliphatic rings. The van der Waals surface area contributed by atoms with Gasteiger partial charge in [-0.1, -0.05) is 86.1 Å². The minimum absolute atomic E-state index is 0.292. The van der Waals surface area contributed by atoms with Crippen molar-refractivity contribution in [2.45, 2.75) is 45.9 Å². The van der Waals surface area contributed by atoms with Crippen LogP contribution in [0.4, 0.5) is 0 Å². The second-order valence-corrected chi connectivity index (χ2v) is 9.96. The molecule has 4 aromatic carbocycles. The van der Waals surface area contributed by atoms with Crippen molar-refractivity contribution in [2.24, 2.45) is 0 Å². The van der Waals surface area contributed by atoms with Crippen LogP contribution in [-0.2, 0) is 26.2 Å². The van der Waals surface area contributed by atoms with Gasteiger partial charge in [-0.05, 0) is 46.5 Å². The molecule has 0 aliphatic carbocycles. The van der Waals surface area contributed by atoms with Crippen LogP contribution in [0.5, 0.6) is 11.5 Å². The van der Waals surface area contributed by atoms with E-state index in [-0.39, 0.29) is 0 Å². The Morgan fingerprint density at radius 2 is 1.55 bits per heavy atom. The molecule has 192 valence electrons. The maximum absolute atomic E-state index is 5.65. The van der Waals surface area contributed by atoms with Crippen molar-refractivity contribution in [3.8, 4) is 22.9 Å². The lowest BCUT2D eigenvalue weighted by molar-refractivity contribution is 0.174. The van der Waals surface area contributed by atoms with E-state index in [9.17, 15) is 0 Å². The fourth-order valence-electron chi connectivity index (χ4n) is 5.20. The van der Waals surface area contributed by atoms with Crippen molar-refractivity contribution in [1.82, 2.24) is 14.5 Å². The van der Waals surface area contributed by atoms with E-state index >= 15 is 0 Å². The largest absolute Gasteiger partial charge is 0.454 e. The summed E-state index contributed by atoms with van der Waals surface area (Å²) in [5.41, 5.74) is 4.90. The predicted octanol–water partition coefficient (Wildman–Crippen LogP) is 7.43. The highest BCUT2D eigenvalue weighted by Gasteiger charge is 2.18. The van der Waals surface area contributed by atoms with E-state index in [4.69, 9.17) is 14.5 Å². The van der Waals surface area contributed by atoms with Gasteiger partial charge in [-0.3, -0.25) is 4.90 Å². The van der Waals surface area contributed by atoms with E-state index in [0.717, 1.165) is 61.9 Å². The first kappa shape index (κ1) is 24.3. The average Bonchev–Trinajstić information content (AvgIpc) is 3.58. The van der Waals surface area contributed by atoms with Crippen molar-refractivity contribution in [2.75, 3.05) is 6.79 Å². The number of rotatable bonds is 10. The zero-order valence-corrected chi connectivity index (χ0v) is 21.8. The number of benzene rings is 4. The number of unbranched alkanes of at least 4 members (excludes halogenated alkanes) is 1. The molecule has 0 fully saturated rings. The fourth-order valence-corrected chi connectivity index (χ4v) is 5.20. The van der Waals surface area contributed by atoms with Gasteiger partial charge < -0.3 is 14.0 Å². The maximum atomic E-state index is 5.65. The van der Waals surface area contributed by atoms with Gasteiger partial charge in [0.15, 0.2) is 11.5 Å². The number of hydrogen-bond acceptors (Lipinski definition) is 4. The van der Waals surface area contributed by atoms with E-state index in [0.29, 0.717) is 6.79 Å². The number of ether oxygens (including phenoxy) is 2. The highest BCUT2D eigenvalue weighted by Crippen LogP contribution is 2.33.